The first-order chi connectivity index (χ1) is 15.5. The molecule has 1 amide bonds. The molecular weight excluding hydrogens is 451 g/mol. The van der Waals surface area contributed by atoms with Gasteiger partial charge in [-0.15, -0.1) is 0 Å². The average molecular weight is 473 g/mol. The van der Waals surface area contributed by atoms with E-state index in [1.807, 2.05) is 37.3 Å². The standard InChI is InChI=1S/C24H22Cl2N2O4/c1-2-30-23-12-18(8-11-22(23)32-15-17-6-9-19(25)10-7-17)14-27-28-24(29)16-31-21-5-3-4-20(26)13-21/h3-14H,2,15-16H2,1H3,(H,28,29)/b27-14+. The van der Waals surface area contributed by atoms with Crippen molar-refractivity contribution in [3.63, 3.8) is 0 Å². The first-order valence-corrected chi connectivity index (χ1v) is 10.6. The summed E-state index contributed by atoms with van der Waals surface area (Å²) in [5.74, 6) is 1.31. The van der Waals surface area contributed by atoms with Crippen LogP contribution in [-0.2, 0) is 11.4 Å². The van der Waals surface area contributed by atoms with Gasteiger partial charge < -0.3 is 14.2 Å². The topological polar surface area (TPSA) is 69.2 Å². The summed E-state index contributed by atoms with van der Waals surface area (Å²) in [7, 11) is 0. The van der Waals surface area contributed by atoms with E-state index in [4.69, 9.17) is 37.4 Å². The largest absolute Gasteiger partial charge is 0.490 e. The van der Waals surface area contributed by atoms with Crippen LogP contribution in [-0.4, -0.2) is 25.3 Å². The van der Waals surface area contributed by atoms with Gasteiger partial charge in [0.25, 0.3) is 5.91 Å². The number of hydrogen-bond acceptors (Lipinski definition) is 5. The van der Waals surface area contributed by atoms with E-state index in [0.29, 0.717) is 40.5 Å². The number of hydrogen-bond donors (Lipinski definition) is 1. The predicted octanol–water partition coefficient (Wildman–Crippen LogP) is 5.50. The summed E-state index contributed by atoms with van der Waals surface area (Å²) in [6.07, 6.45) is 1.52. The first-order valence-electron chi connectivity index (χ1n) is 9.88. The maximum atomic E-state index is 11.9. The van der Waals surface area contributed by atoms with Crippen molar-refractivity contribution >= 4 is 35.3 Å². The van der Waals surface area contributed by atoms with Crippen molar-refractivity contribution < 1.29 is 19.0 Å². The number of carbonyl (C=O) groups excluding carboxylic acids is 1. The Kier molecular flexibility index (Phi) is 8.78. The SMILES string of the molecule is CCOc1cc(/C=N/NC(=O)COc2cccc(Cl)c2)ccc1OCc1ccc(Cl)cc1. The van der Waals surface area contributed by atoms with Crippen LogP contribution in [0.4, 0.5) is 0 Å². The summed E-state index contributed by atoms with van der Waals surface area (Å²) in [5.41, 5.74) is 4.15. The average Bonchev–Trinajstić information content (AvgIpc) is 2.78. The minimum atomic E-state index is -0.394. The second-order valence-electron chi connectivity index (χ2n) is 6.59. The third-order valence-corrected chi connectivity index (χ3v) is 4.63. The monoisotopic (exact) mass is 472 g/mol. The maximum Gasteiger partial charge on any atom is 0.277 e. The Morgan fingerprint density at radius 1 is 0.938 bits per heavy atom. The number of benzene rings is 3. The number of halogens is 2. The molecule has 32 heavy (non-hydrogen) atoms. The highest BCUT2D eigenvalue weighted by Gasteiger charge is 2.07. The number of rotatable bonds is 10. The quantitative estimate of drug-likeness (QED) is 0.312. The summed E-state index contributed by atoms with van der Waals surface area (Å²) in [4.78, 5) is 11.9. The fourth-order valence-corrected chi connectivity index (χ4v) is 2.96. The van der Waals surface area contributed by atoms with Gasteiger partial charge in [-0.05, 0) is 66.6 Å². The molecule has 0 aliphatic rings. The number of amides is 1. The van der Waals surface area contributed by atoms with Gasteiger partial charge in [0.1, 0.15) is 12.4 Å². The number of hydrazone groups is 1. The van der Waals surface area contributed by atoms with Crippen LogP contribution in [0.15, 0.2) is 71.8 Å². The Bertz CT molecular complexity index is 1070. The smallest absolute Gasteiger partial charge is 0.277 e. The molecule has 8 heteroatoms. The normalized spacial score (nSPS) is 10.7. The van der Waals surface area contributed by atoms with Crippen molar-refractivity contribution in [2.75, 3.05) is 13.2 Å². The van der Waals surface area contributed by atoms with Gasteiger partial charge >= 0.3 is 0 Å². The Hall–Kier alpha value is -3.22. The van der Waals surface area contributed by atoms with Crippen molar-refractivity contribution in [3.05, 3.63) is 87.9 Å². The molecule has 3 aromatic rings. The summed E-state index contributed by atoms with van der Waals surface area (Å²) in [6.45, 7) is 2.58. The molecule has 3 aromatic carbocycles. The van der Waals surface area contributed by atoms with Gasteiger partial charge in [0.15, 0.2) is 18.1 Å². The lowest BCUT2D eigenvalue weighted by molar-refractivity contribution is -0.123. The molecule has 0 aliphatic heterocycles. The van der Waals surface area contributed by atoms with Gasteiger partial charge in [-0.1, -0.05) is 41.4 Å². The predicted molar refractivity (Wildman–Crippen MR) is 126 cm³/mol. The lowest BCUT2D eigenvalue weighted by Gasteiger charge is -2.12. The Labute approximate surface area is 196 Å². The summed E-state index contributed by atoms with van der Waals surface area (Å²) >= 11 is 11.8. The molecule has 0 bridgehead atoms. The van der Waals surface area contributed by atoms with E-state index in [1.54, 1.807) is 36.4 Å². The van der Waals surface area contributed by atoms with Crippen molar-refractivity contribution in [1.82, 2.24) is 5.43 Å². The van der Waals surface area contributed by atoms with Crippen molar-refractivity contribution in [2.45, 2.75) is 13.5 Å². The van der Waals surface area contributed by atoms with Gasteiger partial charge in [0, 0.05) is 10.0 Å². The molecule has 0 saturated carbocycles. The van der Waals surface area contributed by atoms with E-state index in [2.05, 4.69) is 10.5 Å². The molecule has 166 valence electrons. The molecule has 0 fully saturated rings. The van der Waals surface area contributed by atoms with E-state index in [9.17, 15) is 4.79 Å². The van der Waals surface area contributed by atoms with E-state index < -0.39 is 5.91 Å². The molecule has 0 spiro atoms. The van der Waals surface area contributed by atoms with Crippen LogP contribution >= 0.6 is 23.2 Å². The fraction of sp³-hybridized carbons (Fsp3) is 0.167. The molecule has 0 aliphatic carbocycles. The Morgan fingerprint density at radius 3 is 2.50 bits per heavy atom. The van der Waals surface area contributed by atoms with Crippen molar-refractivity contribution in [3.8, 4) is 17.2 Å². The zero-order valence-electron chi connectivity index (χ0n) is 17.4. The third kappa shape index (κ3) is 7.48. The Morgan fingerprint density at radius 2 is 1.75 bits per heavy atom. The molecule has 0 saturated heterocycles. The number of ether oxygens (including phenoxy) is 3. The van der Waals surface area contributed by atoms with E-state index in [-0.39, 0.29) is 6.61 Å². The zero-order valence-corrected chi connectivity index (χ0v) is 18.9. The van der Waals surface area contributed by atoms with Gasteiger partial charge in [-0.3, -0.25) is 4.79 Å². The van der Waals surface area contributed by atoms with E-state index in [0.717, 1.165) is 11.1 Å². The van der Waals surface area contributed by atoms with E-state index >= 15 is 0 Å². The van der Waals surface area contributed by atoms with Gasteiger partial charge in [-0.2, -0.15) is 5.10 Å². The van der Waals surface area contributed by atoms with Crippen LogP contribution < -0.4 is 19.6 Å². The van der Waals surface area contributed by atoms with Crippen LogP contribution in [0, 0.1) is 0 Å². The summed E-state index contributed by atoms with van der Waals surface area (Å²) in [5, 5.41) is 5.17. The number of carbonyl (C=O) groups is 1. The minimum absolute atomic E-state index is 0.181. The molecule has 0 unspecified atom stereocenters. The molecule has 6 nitrogen and oxygen atoms in total. The highest BCUT2D eigenvalue weighted by atomic mass is 35.5. The molecule has 3 rings (SSSR count). The van der Waals surface area contributed by atoms with Gasteiger partial charge in [-0.25, -0.2) is 5.43 Å². The summed E-state index contributed by atoms with van der Waals surface area (Å²) < 4.78 is 16.9. The highest BCUT2D eigenvalue weighted by molar-refractivity contribution is 6.30. The number of nitrogens with zero attached hydrogens (tertiary/aromatic N) is 1. The summed E-state index contributed by atoms with van der Waals surface area (Å²) in [6, 6.07) is 19.7. The molecular formula is C24H22Cl2N2O4. The number of nitrogens with one attached hydrogen (secondary N) is 1. The highest BCUT2D eigenvalue weighted by Crippen LogP contribution is 2.29. The van der Waals surface area contributed by atoms with Gasteiger partial charge in [0.05, 0.1) is 12.8 Å². The molecule has 0 atom stereocenters. The van der Waals surface area contributed by atoms with Crippen LogP contribution in [0.25, 0.3) is 0 Å². The van der Waals surface area contributed by atoms with Crippen LogP contribution in [0.5, 0.6) is 17.2 Å². The lowest BCUT2D eigenvalue weighted by Crippen LogP contribution is -2.24. The van der Waals surface area contributed by atoms with Gasteiger partial charge in [0.2, 0.25) is 0 Å². The second kappa shape index (κ2) is 12.0. The molecule has 0 aromatic heterocycles. The minimum Gasteiger partial charge on any atom is -0.490 e. The molecule has 0 heterocycles. The Balaban J connectivity index is 1.54. The molecule has 0 radical (unpaired) electrons. The first kappa shape index (κ1) is 23.4. The fourth-order valence-electron chi connectivity index (χ4n) is 2.65. The maximum absolute atomic E-state index is 11.9. The van der Waals surface area contributed by atoms with Crippen molar-refractivity contribution in [2.24, 2.45) is 5.10 Å². The van der Waals surface area contributed by atoms with Crippen LogP contribution in [0.1, 0.15) is 18.1 Å². The van der Waals surface area contributed by atoms with E-state index in [1.165, 1.54) is 6.21 Å². The van der Waals surface area contributed by atoms with Crippen molar-refractivity contribution in [1.29, 1.82) is 0 Å². The lowest BCUT2D eigenvalue weighted by atomic mass is 10.2. The molecule has 1 N–H and O–H groups in total. The van der Waals surface area contributed by atoms with Crippen LogP contribution in [0.2, 0.25) is 10.0 Å². The zero-order chi connectivity index (χ0) is 22.8. The second-order valence-corrected chi connectivity index (χ2v) is 7.47. The third-order valence-electron chi connectivity index (χ3n) is 4.14. The van der Waals surface area contributed by atoms with Crippen LogP contribution in [0.3, 0.4) is 0 Å².